The smallest absolute Gasteiger partial charge is 0.392 e. The predicted octanol–water partition coefficient (Wildman–Crippen LogP) is 4.84. The van der Waals surface area contributed by atoms with Crippen molar-refractivity contribution in [3.05, 3.63) is 89.7 Å². The topological polar surface area (TPSA) is 74.7 Å². The van der Waals surface area contributed by atoms with Crippen molar-refractivity contribution in [3.8, 4) is 11.1 Å². The Labute approximate surface area is 206 Å². The van der Waals surface area contributed by atoms with Gasteiger partial charge in [-0.2, -0.15) is 17.5 Å². The lowest BCUT2D eigenvalue weighted by molar-refractivity contribution is -0.137. The lowest BCUT2D eigenvalue weighted by atomic mass is 9.98. The van der Waals surface area contributed by atoms with Gasteiger partial charge in [-0.3, -0.25) is 4.79 Å². The number of carbonyl (C=O) groups excluding carboxylic acids is 1. The average Bonchev–Trinajstić information content (AvgIpc) is 3.25. The summed E-state index contributed by atoms with van der Waals surface area (Å²) in [5.41, 5.74) is 1.29. The number of carbonyl (C=O) groups is 1. The number of hydrogen-bond acceptors (Lipinski definition) is 4. The summed E-state index contributed by atoms with van der Waals surface area (Å²) in [5.74, 6) is -0.960. The molecule has 1 heterocycles. The number of aryl methyl sites for hydroxylation is 1. The monoisotopic (exact) mass is 521 g/mol. The molecule has 4 rings (SSSR count). The maximum atomic E-state index is 13.2. The molecule has 0 aromatic heterocycles. The number of β-amino-alcohol motifs (C(OH)–C–C–N with tert-alkyl or cyclic N) is 1. The summed E-state index contributed by atoms with van der Waals surface area (Å²) in [4.78, 5) is 12.8. The van der Waals surface area contributed by atoms with Gasteiger partial charge in [0, 0.05) is 13.0 Å². The molecule has 0 aliphatic carbocycles. The fourth-order valence-electron chi connectivity index (χ4n) is 4.28. The fourth-order valence-corrected chi connectivity index (χ4v) is 5.93. The molecule has 0 amide bonds. The Morgan fingerprint density at radius 1 is 0.972 bits per heavy atom. The van der Waals surface area contributed by atoms with Gasteiger partial charge in [-0.1, -0.05) is 36.4 Å². The van der Waals surface area contributed by atoms with Crippen LogP contribution in [0, 0.1) is 5.82 Å². The second kappa shape index (κ2) is 10.1. The standard InChI is InChI=1S/C26H23F4NO4S/c27-21-9-11-23(12-10-21)36(34,35)31-16-22(32)15-24(31)25(33)13-4-17-2-1-3-19(14-17)18-5-7-20(8-6-18)26(28,29)30/h1-3,5-12,14,22,24,32H,4,13,15-16H2/t22-,24+/m1/s1. The Morgan fingerprint density at radius 2 is 1.64 bits per heavy atom. The maximum absolute atomic E-state index is 13.2. The molecule has 2 atom stereocenters. The number of Topliss-reactive ketones (excluding diaryl/α,β-unsaturated/α-hetero) is 1. The van der Waals surface area contributed by atoms with Crippen molar-refractivity contribution in [2.45, 2.75) is 42.5 Å². The van der Waals surface area contributed by atoms with Crippen LogP contribution in [0.1, 0.15) is 24.0 Å². The minimum Gasteiger partial charge on any atom is -0.392 e. The van der Waals surface area contributed by atoms with Crippen LogP contribution < -0.4 is 0 Å². The van der Waals surface area contributed by atoms with Gasteiger partial charge >= 0.3 is 6.18 Å². The molecule has 3 aromatic carbocycles. The minimum absolute atomic E-state index is 0.00326. The third-order valence-corrected chi connectivity index (χ3v) is 8.05. The van der Waals surface area contributed by atoms with Crippen LogP contribution in [-0.2, 0) is 27.4 Å². The Bertz CT molecular complexity index is 1340. The van der Waals surface area contributed by atoms with Gasteiger partial charge in [0.25, 0.3) is 0 Å². The van der Waals surface area contributed by atoms with Gasteiger partial charge < -0.3 is 5.11 Å². The number of benzene rings is 3. The van der Waals surface area contributed by atoms with Gasteiger partial charge in [-0.25, -0.2) is 12.8 Å². The van der Waals surface area contributed by atoms with Crippen LogP contribution >= 0.6 is 0 Å². The lowest BCUT2D eigenvalue weighted by Crippen LogP contribution is -2.40. The zero-order chi connectivity index (χ0) is 26.1. The maximum Gasteiger partial charge on any atom is 0.416 e. The summed E-state index contributed by atoms with van der Waals surface area (Å²) in [6, 6.07) is 15.0. The van der Waals surface area contributed by atoms with Gasteiger partial charge in [-0.05, 0) is 65.9 Å². The number of hydrogen-bond donors (Lipinski definition) is 1. The molecule has 1 N–H and O–H groups in total. The van der Waals surface area contributed by atoms with E-state index in [0.717, 1.165) is 46.3 Å². The van der Waals surface area contributed by atoms with Crippen molar-refractivity contribution >= 4 is 15.8 Å². The van der Waals surface area contributed by atoms with E-state index in [4.69, 9.17) is 0 Å². The number of aliphatic hydroxyl groups is 1. The highest BCUT2D eigenvalue weighted by atomic mass is 32.2. The number of aliphatic hydroxyl groups excluding tert-OH is 1. The van der Waals surface area contributed by atoms with Crippen molar-refractivity contribution in [2.75, 3.05) is 6.54 Å². The van der Waals surface area contributed by atoms with Crippen LogP contribution in [0.3, 0.4) is 0 Å². The highest BCUT2D eigenvalue weighted by Crippen LogP contribution is 2.32. The first kappa shape index (κ1) is 26.0. The van der Waals surface area contributed by atoms with E-state index in [0.29, 0.717) is 11.1 Å². The van der Waals surface area contributed by atoms with E-state index in [2.05, 4.69) is 0 Å². The number of rotatable bonds is 7. The molecule has 10 heteroatoms. The van der Waals surface area contributed by atoms with Gasteiger partial charge in [0.2, 0.25) is 10.0 Å². The van der Waals surface area contributed by atoms with E-state index in [1.54, 1.807) is 24.3 Å². The van der Waals surface area contributed by atoms with E-state index < -0.39 is 39.7 Å². The highest BCUT2D eigenvalue weighted by Gasteiger charge is 2.42. The normalized spacial score (nSPS) is 18.9. The minimum atomic E-state index is -4.42. The number of alkyl halides is 3. The first-order valence-corrected chi connectivity index (χ1v) is 12.6. The van der Waals surface area contributed by atoms with Crippen LogP contribution in [0.2, 0.25) is 0 Å². The highest BCUT2D eigenvalue weighted by molar-refractivity contribution is 7.89. The third-order valence-electron chi connectivity index (χ3n) is 6.16. The summed E-state index contributed by atoms with van der Waals surface area (Å²) in [6.07, 6.45) is -5.18. The second-order valence-corrected chi connectivity index (χ2v) is 10.6. The summed E-state index contributed by atoms with van der Waals surface area (Å²) in [6.45, 7) is -0.237. The molecular weight excluding hydrogens is 498 g/mol. The molecule has 0 unspecified atom stereocenters. The molecule has 0 saturated carbocycles. The van der Waals surface area contributed by atoms with Crippen molar-refractivity contribution in [1.29, 1.82) is 0 Å². The largest absolute Gasteiger partial charge is 0.416 e. The molecule has 1 fully saturated rings. The molecular formula is C26H23F4NO4S. The van der Waals surface area contributed by atoms with Gasteiger partial charge in [0.05, 0.1) is 22.6 Å². The van der Waals surface area contributed by atoms with Crippen LogP contribution in [0.25, 0.3) is 11.1 Å². The van der Waals surface area contributed by atoms with E-state index in [1.165, 1.54) is 12.1 Å². The van der Waals surface area contributed by atoms with Crippen LogP contribution in [0.4, 0.5) is 17.6 Å². The zero-order valence-corrected chi connectivity index (χ0v) is 19.8. The summed E-state index contributed by atoms with van der Waals surface area (Å²) in [5, 5.41) is 10.1. The number of sulfonamides is 1. The molecule has 1 aliphatic rings. The Balaban J connectivity index is 1.46. The molecule has 1 saturated heterocycles. The second-order valence-electron chi connectivity index (χ2n) is 8.68. The van der Waals surface area contributed by atoms with Crippen LogP contribution in [0.15, 0.2) is 77.7 Å². The molecule has 5 nitrogen and oxygen atoms in total. The molecule has 0 spiro atoms. The summed E-state index contributed by atoms with van der Waals surface area (Å²) in [7, 11) is -4.12. The van der Waals surface area contributed by atoms with E-state index in [1.807, 2.05) is 0 Å². The molecule has 3 aromatic rings. The molecule has 0 bridgehead atoms. The SMILES string of the molecule is O=C(CCc1cccc(-c2ccc(C(F)(F)F)cc2)c1)[C@@H]1C[C@@H](O)CN1S(=O)(=O)c1ccc(F)cc1. The van der Waals surface area contributed by atoms with Gasteiger partial charge in [0.1, 0.15) is 5.82 Å². The predicted molar refractivity (Wildman–Crippen MR) is 125 cm³/mol. The summed E-state index contributed by atoms with van der Waals surface area (Å²) < 4.78 is 78.7. The molecule has 1 aliphatic heterocycles. The number of halogens is 4. The first-order chi connectivity index (χ1) is 16.9. The van der Waals surface area contributed by atoms with Crippen LogP contribution in [0.5, 0.6) is 0 Å². The molecule has 36 heavy (non-hydrogen) atoms. The Hall–Kier alpha value is -3.08. The van der Waals surface area contributed by atoms with Crippen molar-refractivity contribution in [3.63, 3.8) is 0 Å². The Kier molecular flexibility index (Phi) is 7.31. The van der Waals surface area contributed by atoms with Gasteiger partial charge in [-0.15, -0.1) is 0 Å². The zero-order valence-electron chi connectivity index (χ0n) is 19.0. The van der Waals surface area contributed by atoms with Crippen molar-refractivity contribution < 1.29 is 35.9 Å². The van der Waals surface area contributed by atoms with Crippen molar-refractivity contribution in [1.82, 2.24) is 4.31 Å². The van der Waals surface area contributed by atoms with Gasteiger partial charge in [0.15, 0.2) is 5.78 Å². The van der Waals surface area contributed by atoms with E-state index >= 15 is 0 Å². The van der Waals surface area contributed by atoms with Crippen LogP contribution in [-0.4, -0.2) is 42.3 Å². The lowest BCUT2D eigenvalue weighted by Gasteiger charge is -2.23. The van der Waals surface area contributed by atoms with Crippen molar-refractivity contribution in [2.24, 2.45) is 0 Å². The Morgan fingerprint density at radius 3 is 2.28 bits per heavy atom. The molecule has 190 valence electrons. The molecule has 0 radical (unpaired) electrons. The fraction of sp³-hybridized carbons (Fsp3) is 0.269. The van der Waals surface area contributed by atoms with E-state index in [9.17, 15) is 35.9 Å². The number of nitrogens with zero attached hydrogens (tertiary/aromatic N) is 1. The van der Waals surface area contributed by atoms with E-state index in [-0.39, 0.29) is 36.5 Å². The third kappa shape index (κ3) is 5.66. The number of ketones is 1. The first-order valence-electron chi connectivity index (χ1n) is 11.2. The quantitative estimate of drug-likeness (QED) is 0.452. The summed E-state index contributed by atoms with van der Waals surface area (Å²) >= 11 is 0. The average molecular weight is 522 g/mol.